The number of nitrogens with zero attached hydrogens (tertiary/aromatic N) is 1. The quantitative estimate of drug-likeness (QED) is 0.245. The van der Waals surface area contributed by atoms with Crippen molar-refractivity contribution in [1.82, 2.24) is 10.2 Å². The van der Waals surface area contributed by atoms with Crippen molar-refractivity contribution in [3.8, 4) is 5.75 Å². The third kappa shape index (κ3) is 4.78. The van der Waals surface area contributed by atoms with Gasteiger partial charge in [-0.15, -0.1) is 38.0 Å². The Balaban J connectivity index is 0.00000152. The van der Waals surface area contributed by atoms with Gasteiger partial charge in [-0.05, 0) is 55.6 Å². The first kappa shape index (κ1) is 26.3. The standard InChI is InChI=1S/C28H23F3N2O.2ClH/c29-28(30,31)34-22-10-6-21(7-11-22)27(33-16-14-32-15-17-33)24-13-9-20-5-4-18-2-1-3-19-8-12-23(24)26(20)25(18)19;;/h1-13,27,32H,14-17H2;2*1H/t27-;;/m1../s1. The van der Waals surface area contributed by atoms with Gasteiger partial charge in [-0.2, -0.15) is 0 Å². The van der Waals surface area contributed by atoms with Crippen LogP contribution in [0.3, 0.4) is 0 Å². The molecule has 1 N–H and O–H groups in total. The zero-order valence-electron chi connectivity index (χ0n) is 19.2. The summed E-state index contributed by atoms with van der Waals surface area (Å²) in [7, 11) is 0. The van der Waals surface area contributed by atoms with Crippen molar-refractivity contribution in [3.63, 3.8) is 0 Å². The minimum absolute atomic E-state index is 0. The summed E-state index contributed by atoms with van der Waals surface area (Å²) in [6.45, 7) is 3.45. The van der Waals surface area contributed by atoms with Crippen molar-refractivity contribution in [2.45, 2.75) is 12.4 Å². The molecule has 3 nitrogen and oxygen atoms in total. The highest BCUT2D eigenvalue weighted by Gasteiger charge is 2.31. The molecule has 6 rings (SSSR count). The van der Waals surface area contributed by atoms with Crippen molar-refractivity contribution in [2.24, 2.45) is 0 Å². The van der Waals surface area contributed by atoms with E-state index in [1.807, 2.05) is 0 Å². The van der Waals surface area contributed by atoms with Gasteiger partial charge in [0, 0.05) is 26.2 Å². The molecule has 1 aliphatic rings. The average molecular weight is 533 g/mol. The number of hydrogen-bond donors (Lipinski definition) is 1. The number of halogens is 5. The molecule has 188 valence electrons. The fourth-order valence-corrected chi connectivity index (χ4v) is 5.38. The first-order chi connectivity index (χ1) is 16.5. The Hall–Kier alpha value is -2.77. The van der Waals surface area contributed by atoms with Gasteiger partial charge in [-0.25, -0.2) is 0 Å². The van der Waals surface area contributed by atoms with E-state index >= 15 is 0 Å². The van der Waals surface area contributed by atoms with Crippen LogP contribution in [-0.2, 0) is 0 Å². The van der Waals surface area contributed by atoms with E-state index in [0.29, 0.717) is 0 Å². The molecule has 0 unspecified atom stereocenters. The molecule has 0 aliphatic carbocycles. The molecular weight excluding hydrogens is 508 g/mol. The molecule has 0 bridgehead atoms. The fraction of sp³-hybridized carbons (Fsp3) is 0.214. The molecule has 5 aromatic rings. The number of ether oxygens (including phenoxy) is 1. The van der Waals surface area contributed by atoms with Gasteiger partial charge >= 0.3 is 6.36 Å². The van der Waals surface area contributed by atoms with E-state index < -0.39 is 6.36 Å². The van der Waals surface area contributed by atoms with Gasteiger partial charge in [0.2, 0.25) is 0 Å². The lowest BCUT2D eigenvalue weighted by atomic mass is 9.87. The van der Waals surface area contributed by atoms with E-state index in [9.17, 15) is 13.2 Å². The third-order valence-electron chi connectivity index (χ3n) is 6.80. The summed E-state index contributed by atoms with van der Waals surface area (Å²) in [6.07, 6.45) is -4.70. The highest BCUT2D eigenvalue weighted by atomic mass is 35.5. The maximum Gasteiger partial charge on any atom is 0.573 e. The van der Waals surface area contributed by atoms with Crippen molar-refractivity contribution in [3.05, 3.63) is 90.0 Å². The summed E-state index contributed by atoms with van der Waals surface area (Å²) < 4.78 is 42.2. The van der Waals surface area contributed by atoms with Crippen LogP contribution in [0.4, 0.5) is 13.2 Å². The molecule has 1 heterocycles. The summed E-state index contributed by atoms with van der Waals surface area (Å²) >= 11 is 0. The van der Waals surface area contributed by atoms with Gasteiger partial charge in [-0.1, -0.05) is 66.7 Å². The summed E-state index contributed by atoms with van der Waals surface area (Å²) in [5.74, 6) is -0.203. The fourth-order valence-electron chi connectivity index (χ4n) is 5.38. The van der Waals surface area contributed by atoms with Crippen LogP contribution in [0.25, 0.3) is 32.3 Å². The average Bonchev–Trinajstić information content (AvgIpc) is 2.84. The normalized spacial score (nSPS) is 15.5. The maximum absolute atomic E-state index is 12.7. The number of rotatable bonds is 4. The van der Waals surface area contributed by atoms with E-state index in [1.54, 1.807) is 12.1 Å². The van der Waals surface area contributed by atoms with Crippen LogP contribution >= 0.6 is 24.8 Å². The minimum Gasteiger partial charge on any atom is -0.406 e. The SMILES string of the molecule is Cl.Cl.FC(F)(F)Oc1ccc([C@H](c2ccc3ccc4cccc5ccc2c3c45)N2CCNCC2)cc1. The molecule has 1 fully saturated rings. The summed E-state index contributed by atoms with van der Waals surface area (Å²) in [4.78, 5) is 2.41. The number of alkyl halides is 3. The van der Waals surface area contributed by atoms with Gasteiger partial charge in [0.15, 0.2) is 0 Å². The molecule has 5 aromatic carbocycles. The number of benzene rings is 5. The molecule has 0 spiro atoms. The third-order valence-corrected chi connectivity index (χ3v) is 6.80. The van der Waals surface area contributed by atoms with Gasteiger partial charge < -0.3 is 10.1 Å². The number of nitrogens with one attached hydrogen (secondary N) is 1. The van der Waals surface area contributed by atoms with Gasteiger partial charge in [0.25, 0.3) is 0 Å². The zero-order valence-corrected chi connectivity index (χ0v) is 20.9. The number of piperazine rings is 1. The molecule has 1 saturated heterocycles. The van der Waals surface area contributed by atoms with E-state index in [-0.39, 0.29) is 36.6 Å². The van der Waals surface area contributed by atoms with E-state index in [4.69, 9.17) is 0 Å². The molecule has 1 aliphatic heterocycles. The van der Waals surface area contributed by atoms with Crippen molar-refractivity contribution < 1.29 is 17.9 Å². The van der Waals surface area contributed by atoms with Crippen LogP contribution in [-0.4, -0.2) is 37.4 Å². The van der Waals surface area contributed by atoms with E-state index in [1.165, 1.54) is 44.5 Å². The molecule has 0 radical (unpaired) electrons. The van der Waals surface area contributed by atoms with Crippen LogP contribution in [0.1, 0.15) is 17.2 Å². The Morgan fingerprint density at radius 2 is 1.31 bits per heavy atom. The molecule has 0 saturated carbocycles. The zero-order chi connectivity index (χ0) is 23.3. The summed E-state index contributed by atoms with van der Waals surface area (Å²) in [5, 5.41) is 10.7. The smallest absolute Gasteiger partial charge is 0.406 e. The number of hydrogen-bond acceptors (Lipinski definition) is 3. The first-order valence-corrected chi connectivity index (χ1v) is 11.4. The topological polar surface area (TPSA) is 24.5 Å². The second-order valence-electron chi connectivity index (χ2n) is 8.82. The lowest BCUT2D eigenvalue weighted by molar-refractivity contribution is -0.274. The second-order valence-corrected chi connectivity index (χ2v) is 8.82. The first-order valence-electron chi connectivity index (χ1n) is 11.4. The van der Waals surface area contributed by atoms with Crippen molar-refractivity contribution >= 4 is 57.1 Å². The van der Waals surface area contributed by atoms with Crippen molar-refractivity contribution in [1.29, 1.82) is 0 Å². The molecule has 1 atom stereocenters. The van der Waals surface area contributed by atoms with Gasteiger partial charge in [0.05, 0.1) is 6.04 Å². The molecule has 0 amide bonds. The molecule has 8 heteroatoms. The van der Waals surface area contributed by atoms with E-state index in [2.05, 4.69) is 69.6 Å². The molecular formula is C28H25Cl2F3N2O. The van der Waals surface area contributed by atoms with Crippen LogP contribution in [0, 0.1) is 0 Å². The Morgan fingerprint density at radius 1 is 0.722 bits per heavy atom. The van der Waals surface area contributed by atoms with Crippen LogP contribution in [0.15, 0.2) is 78.9 Å². The second kappa shape index (κ2) is 10.3. The highest BCUT2D eigenvalue weighted by Crippen LogP contribution is 2.41. The molecule has 36 heavy (non-hydrogen) atoms. The Kier molecular flexibility index (Phi) is 7.53. The maximum atomic E-state index is 12.7. The lowest BCUT2D eigenvalue weighted by Gasteiger charge is -2.36. The Bertz CT molecular complexity index is 1450. The predicted molar refractivity (Wildman–Crippen MR) is 144 cm³/mol. The van der Waals surface area contributed by atoms with E-state index in [0.717, 1.165) is 37.3 Å². The van der Waals surface area contributed by atoms with Gasteiger partial charge in [0.1, 0.15) is 5.75 Å². The van der Waals surface area contributed by atoms with Crippen molar-refractivity contribution in [2.75, 3.05) is 26.2 Å². The monoisotopic (exact) mass is 532 g/mol. The van der Waals surface area contributed by atoms with Crippen LogP contribution < -0.4 is 10.1 Å². The Labute approximate surface area is 219 Å². The highest BCUT2D eigenvalue weighted by molar-refractivity contribution is 6.23. The summed E-state index contributed by atoms with van der Waals surface area (Å²) in [6, 6.07) is 25.6. The Morgan fingerprint density at radius 3 is 1.94 bits per heavy atom. The minimum atomic E-state index is -4.70. The lowest BCUT2D eigenvalue weighted by Crippen LogP contribution is -2.45. The predicted octanol–water partition coefficient (Wildman–Crippen LogP) is 7.32. The van der Waals surface area contributed by atoms with Gasteiger partial charge in [-0.3, -0.25) is 4.90 Å². The molecule has 0 aromatic heterocycles. The van der Waals surface area contributed by atoms with Crippen LogP contribution in [0.2, 0.25) is 0 Å². The largest absolute Gasteiger partial charge is 0.573 e. The van der Waals surface area contributed by atoms with Crippen LogP contribution in [0.5, 0.6) is 5.75 Å². The summed E-state index contributed by atoms with van der Waals surface area (Å²) in [5.41, 5.74) is 2.11.